The molecule has 0 bridgehead atoms. The van der Waals surface area contributed by atoms with Crippen molar-refractivity contribution in [2.75, 3.05) is 0 Å². The topological polar surface area (TPSA) is 46.5 Å². The van der Waals surface area contributed by atoms with Gasteiger partial charge in [-0.05, 0) is 42.0 Å². The van der Waals surface area contributed by atoms with Crippen LogP contribution < -0.4 is 4.74 Å². The summed E-state index contributed by atoms with van der Waals surface area (Å²) in [5.74, 6) is -0.737. The number of carbonyl (C=O) groups is 1. The number of halogens is 3. The first kappa shape index (κ1) is 15.5. The van der Waals surface area contributed by atoms with Crippen LogP contribution in [-0.4, -0.2) is 11.1 Å². The molecule has 0 amide bonds. The van der Waals surface area contributed by atoms with E-state index in [0.717, 1.165) is 6.08 Å². The summed E-state index contributed by atoms with van der Waals surface area (Å²) < 4.78 is 19.3. The molecule has 0 saturated heterocycles. The molecule has 2 aromatic carbocycles. The van der Waals surface area contributed by atoms with Crippen molar-refractivity contribution in [1.29, 1.82) is 0 Å². The van der Waals surface area contributed by atoms with Gasteiger partial charge >= 0.3 is 5.97 Å². The molecule has 6 heteroatoms. The van der Waals surface area contributed by atoms with Crippen LogP contribution in [0.5, 0.6) is 11.5 Å². The summed E-state index contributed by atoms with van der Waals surface area (Å²) in [6, 6.07) is 8.95. The van der Waals surface area contributed by atoms with Gasteiger partial charge in [-0.25, -0.2) is 9.18 Å². The van der Waals surface area contributed by atoms with Crippen molar-refractivity contribution in [1.82, 2.24) is 0 Å². The van der Waals surface area contributed by atoms with Crippen molar-refractivity contribution in [2.45, 2.75) is 0 Å². The number of benzene rings is 2. The smallest absolute Gasteiger partial charge is 0.328 e. The third kappa shape index (κ3) is 4.58. The maximum Gasteiger partial charge on any atom is 0.328 e. The summed E-state index contributed by atoms with van der Waals surface area (Å²) in [5.41, 5.74) is 0.548. The molecule has 0 aliphatic heterocycles. The molecule has 1 N–H and O–H groups in total. The monoisotopic (exact) mass is 370 g/mol. The number of hydrogen-bond donors (Lipinski definition) is 1. The van der Waals surface area contributed by atoms with E-state index in [9.17, 15) is 9.18 Å². The van der Waals surface area contributed by atoms with Gasteiger partial charge in [-0.15, -0.1) is 0 Å². The molecule has 0 fully saturated rings. The highest BCUT2D eigenvalue weighted by atomic mass is 79.9. The van der Waals surface area contributed by atoms with E-state index >= 15 is 0 Å². The van der Waals surface area contributed by atoms with E-state index in [-0.39, 0.29) is 0 Å². The molecule has 0 unspecified atom stereocenters. The van der Waals surface area contributed by atoms with Crippen LogP contribution in [0.3, 0.4) is 0 Å². The van der Waals surface area contributed by atoms with Crippen molar-refractivity contribution in [3.05, 3.63) is 63.4 Å². The van der Waals surface area contributed by atoms with Gasteiger partial charge < -0.3 is 9.84 Å². The van der Waals surface area contributed by atoms with E-state index in [2.05, 4.69) is 15.9 Å². The Hall–Kier alpha value is -1.85. The van der Waals surface area contributed by atoms with E-state index in [1.807, 2.05) is 0 Å². The van der Waals surface area contributed by atoms with Crippen LogP contribution in [0, 0.1) is 5.82 Å². The first-order valence-electron chi connectivity index (χ1n) is 5.78. The van der Waals surface area contributed by atoms with Crippen molar-refractivity contribution in [3.63, 3.8) is 0 Å². The molecule has 0 aliphatic carbocycles. The van der Waals surface area contributed by atoms with Crippen molar-refractivity contribution >= 4 is 39.6 Å². The largest absolute Gasteiger partial charge is 0.478 e. The van der Waals surface area contributed by atoms with Crippen LogP contribution in [-0.2, 0) is 4.79 Å². The number of rotatable bonds is 4. The standard InChI is InChI=1S/C15H9BrClFO3/c16-10-5-11(18)7-13(6-10)21-12-3-1-9(14(17)8-12)2-4-15(19)20/h1-8H,(H,19,20)/b4-2+. The highest BCUT2D eigenvalue weighted by Gasteiger charge is 2.05. The molecular formula is C15H9BrClFO3. The second kappa shape index (κ2) is 6.74. The predicted octanol–water partition coefficient (Wildman–Crippen LogP) is 5.13. The van der Waals surface area contributed by atoms with Gasteiger partial charge in [-0.2, -0.15) is 0 Å². The normalized spacial score (nSPS) is 10.8. The maximum atomic E-state index is 13.2. The van der Waals surface area contributed by atoms with E-state index < -0.39 is 11.8 Å². The fourth-order valence-electron chi connectivity index (χ4n) is 1.59. The highest BCUT2D eigenvalue weighted by Crippen LogP contribution is 2.29. The Balaban J connectivity index is 2.22. The number of aliphatic carboxylic acids is 1. The maximum absolute atomic E-state index is 13.2. The van der Waals surface area contributed by atoms with Crippen molar-refractivity contribution in [2.24, 2.45) is 0 Å². The number of carboxylic acid groups (broad SMARTS) is 1. The molecule has 21 heavy (non-hydrogen) atoms. The number of ether oxygens (including phenoxy) is 1. The Morgan fingerprint density at radius 2 is 2.00 bits per heavy atom. The second-order valence-corrected chi connectivity index (χ2v) is 5.38. The minimum Gasteiger partial charge on any atom is -0.478 e. The molecule has 0 radical (unpaired) electrons. The van der Waals surface area contributed by atoms with E-state index in [0.29, 0.717) is 26.6 Å². The quantitative estimate of drug-likeness (QED) is 0.758. The summed E-state index contributed by atoms with van der Waals surface area (Å²) in [5, 5.41) is 8.91. The van der Waals surface area contributed by atoms with Gasteiger partial charge in [0.05, 0.1) is 5.02 Å². The Kier molecular flexibility index (Phi) is 4.98. The van der Waals surface area contributed by atoms with E-state index in [1.54, 1.807) is 18.2 Å². The zero-order chi connectivity index (χ0) is 15.4. The molecule has 2 rings (SSSR count). The lowest BCUT2D eigenvalue weighted by Gasteiger charge is -2.08. The summed E-state index contributed by atoms with van der Waals surface area (Å²) in [7, 11) is 0. The molecule has 0 saturated carbocycles. The van der Waals surface area contributed by atoms with Crippen molar-refractivity contribution < 1.29 is 19.0 Å². The van der Waals surface area contributed by atoms with Crippen LogP contribution in [0.4, 0.5) is 4.39 Å². The third-order valence-electron chi connectivity index (χ3n) is 2.45. The summed E-state index contributed by atoms with van der Waals surface area (Å²) in [6.07, 6.45) is 2.37. The predicted molar refractivity (Wildman–Crippen MR) is 82.3 cm³/mol. The van der Waals surface area contributed by atoms with Gasteiger partial charge in [-0.1, -0.05) is 27.5 Å². The van der Waals surface area contributed by atoms with E-state index in [4.69, 9.17) is 21.4 Å². The van der Waals surface area contributed by atoms with E-state index in [1.165, 1.54) is 24.3 Å². The van der Waals surface area contributed by atoms with Gasteiger partial charge in [0.2, 0.25) is 0 Å². The first-order chi connectivity index (χ1) is 9.94. The zero-order valence-corrected chi connectivity index (χ0v) is 12.9. The first-order valence-corrected chi connectivity index (χ1v) is 6.95. The van der Waals surface area contributed by atoms with Crippen LogP contribution in [0.2, 0.25) is 5.02 Å². The van der Waals surface area contributed by atoms with Crippen LogP contribution in [0.25, 0.3) is 6.08 Å². The van der Waals surface area contributed by atoms with Gasteiger partial charge in [0.1, 0.15) is 17.3 Å². The molecule has 2 aromatic rings. The van der Waals surface area contributed by atoms with Crippen LogP contribution >= 0.6 is 27.5 Å². The Labute approximate surface area is 133 Å². The van der Waals surface area contributed by atoms with Gasteiger partial charge in [0.15, 0.2) is 0 Å². The lowest BCUT2D eigenvalue weighted by atomic mass is 10.2. The van der Waals surface area contributed by atoms with Gasteiger partial charge in [0, 0.05) is 16.6 Å². The lowest BCUT2D eigenvalue weighted by molar-refractivity contribution is -0.131. The Morgan fingerprint density at radius 3 is 2.62 bits per heavy atom. The second-order valence-electron chi connectivity index (χ2n) is 4.06. The average molecular weight is 372 g/mol. The molecule has 0 aromatic heterocycles. The minimum absolute atomic E-state index is 0.326. The molecule has 0 spiro atoms. The lowest BCUT2D eigenvalue weighted by Crippen LogP contribution is -1.88. The molecule has 3 nitrogen and oxygen atoms in total. The van der Waals surface area contributed by atoms with Gasteiger partial charge in [-0.3, -0.25) is 0 Å². The number of hydrogen-bond acceptors (Lipinski definition) is 2. The highest BCUT2D eigenvalue weighted by molar-refractivity contribution is 9.10. The molecule has 0 atom stereocenters. The summed E-state index contributed by atoms with van der Waals surface area (Å²) in [6.45, 7) is 0. The average Bonchev–Trinajstić information content (AvgIpc) is 2.36. The minimum atomic E-state index is -1.06. The summed E-state index contributed by atoms with van der Waals surface area (Å²) in [4.78, 5) is 10.5. The van der Waals surface area contributed by atoms with Gasteiger partial charge in [0.25, 0.3) is 0 Å². The SMILES string of the molecule is O=C(O)/C=C/c1ccc(Oc2cc(F)cc(Br)c2)cc1Cl. The summed E-state index contributed by atoms with van der Waals surface area (Å²) >= 11 is 9.21. The number of carboxylic acids is 1. The fraction of sp³-hybridized carbons (Fsp3) is 0. The van der Waals surface area contributed by atoms with Crippen LogP contribution in [0.15, 0.2) is 46.9 Å². The van der Waals surface area contributed by atoms with Crippen molar-refractivity contribution in [3.8, 4) is 11.5 Å². The molecule has 0 aliphatic rings. The Morgan fingerprint density at radius 1 is 1.24 bits per heavy atom. The molecular weight excluding hydrogens is 363 g/mol. The Bertz CT molecular complexity index is 696. The third-order valence-corrected chi connectivity index (χ3v) is 3.23. The zero-order valence-electron chi connectivity index (χ0n) is 10.5. The molecule has 108 valence electrons. The molecule has 0 heterocycles. The fourth-order valence-corrected chi connectivity index (χ4v) is 2.27. The van der Waals surface area contributed by atoms with Crippen LogP contribution in [0.1, 0.15) is 5.56 Å².